The van der Waals surface area contributed by atoms with Crippen molar-refractivity contribution >= 4 is 86.3 Å². The van der Waals surface area contributed by atoms with Crippen molar-refractivity contribution in [2.24, 2.45) is 0 Å². The third-order valence-corrected chi connectivity index (χ3v) is 9.50. The van der Waals surface area contributed by atoms with Gasteiger partial charge in [-0.2, -0.15) is 0 Å². The fraction of sp³-hybridized carbons (Fsp3) is 0.379. The Morgan fingerprint density at radius 2 is 1.86 bits per heavy atom. The summed E-state index contributed by atoms with van der Waals surface area (Å²) in [4.78, 5) is 40.8. The number of piperazine rings is 1. The third-order valence-electron chi connectivity index (χ3n) is 7.74. The van der Waals surface area contributed by atoms with Crippen LogP contribution >= 0.6 is 24.0 Å². The van der Waals surface area contributed by atoms with E-state index < -0.39 is 17.2 Å². The molecule has 6 rings (SSSR count). The standard InChI is InChI=1S/C29H30FN5O5S2.Na.H/c30-21-12-19-23(35(17-6-7-17)15-20(26(19)37)28(38)39)13-24(21)33-8-10-34(11-9-33)29(41)42-27-22(14-31-27)32-25(36)16-40-18-4-2-1-3-5-18;;/h1-5,12-13,15,17,22,27,31H,6-11,14,16H2,(H,32,36)(H,38,39);;/t22?,27-;;/m0../s1. The Kier molecular flexibility index (Phi) is 9.99. The first-order valence-electron chi connectivity index (χ1n) is 13.8. The van der Waals surface area contributed by atoms with Gasteiger partial charge in [0.1, 0.15) is 21.5 Å². The first-order chi connectivity index (χ1) is 20.3. The van der Waals surface area contributed by atoms with Gasteiger partial charge in [-0.1, -0.05) is 42.2 Å². The van der Waals surface area contributed by atoms with Crippen molar-refractivity contribution in [3.05, 3.63) is 70.3 Å². The average molecular weight is 636 g/mol. The quantitative estimate of drug-likeness (QED) is 0.251. The molecule has 1 amide bonds. The number of rotatable bonds is 8. The first-order valence-corrected chi connectivity index (χ1v) is 15.1. The number of nitrogens with one attached hydrogen (secondary N) is 2. The number of anilines is 1. The van der Waals surface area contributed by atoms with Crippen LogP contribution in [0.25, 0.3) is 10.9 Å². The van der Waals surface area contributed by atoms with Gasteiger partial charge >= 0.3 is 35.5 Å². The molecule has 3 aromatic rings. The topological polar surface area (TPSA) is 116 Å². The molecule has 14 heteroatoms. The van der Waals surface area contributed by atoms with Crippen LogP contribution < -0.4 is 25.7 Å². The molecule has 1 aromatic heterocycles. The van der Waals surface area contributed by atoms with E-state index in [4.69, 9.17) is 17.0 Å². The predicted octanol–water partition coefficient (Wildman–Crippen LogP) is 2.16. The zero-order valence-electron chi connectivity index (χ0n) is 22.6. The molecule has 0 spiro atoms. The van der Waals surface area contributed by atoms with Crippen LogP contribution in [-0.2, 0) is 4.79 Å². The number of nitrogens with zero attached hydrogens (tertiary/aromatic N) is 3. The number of ether oxygens (including phenoxy) is 1. The number of carboxylic acid groups (broad SMARTS) is 1. The zero-order valence-corrected chi connectivity index (χ0v) is 24.3. The fourth-order valence-corrected chi connectivity index (χ4v) is 6.77. The number of pyridine rings is 1. The molecule has 222 valence electrons. The Labute approximate surface area is 279 Å². The molecule has 0 radical (unpaired) electrons. The number of amides is 1. The third kappa shape index (κ3) is 7.02. The van der Waals surface area contributed by atoms with Crippen LogP contribution in [-0.4, -0.2) is 111 Å². The summed E-state index contributed by atoms with van der Waals surface area (Å²) in [6.07, 6.45) is 3.17. The van der Waals surface area contributed by atoms with E-state index >= 15 is 4.39 Å². The Bertz CT molecular complexity index is 1600. The minimum atomic E-state index is -1.31. The van der Waals surface area contributed by atoms with Crippen molar-refractivity contribution in [2.75, 3.05) is 44.2 Å². The second kappa shape index (κ2) is 13.5. The second-order valence-corrected chi connectivity index (χ2v) is 12.4. The Morgan fingerprint density at radius 1 is 1.14 bits per heavy atom. The second-order valence-electron chi connectivity index (χ2n) is 10.6. The molecule has 2 saturated heterocycles. The number of halogens is 1. The van der Waals surface area contributed by atoms with Crippen molar-refractivity contribution in [3.8, 4) is 5.75 Å². The van der Waals surface area contributed by atoms with Crippen LogP contribution in [0.15, 0.2) is 53.5 Å². The van der Waals surface area contributed by atoms with E-state index in [-0.39, 0.29) is 70.5 Å². The molecule has 3 fully saturated rings. The van der Waals surface area contributed by atoms with E-state index in [2.05, 4.69) is 15.5 Å². The molecule has 1 unspecified atom stereocenters. The molecule has 3 heterocycles. The molecule has 2 aromatic carbocycles. The first kappa shape index (κ1) is 31.7. The Balaban J connectivity index is 0.00000368. The number of carbonyl (C=O) groups excluding carboxylic acids is 1. The number of thiocarbonyl (C=S) groups is 1. The number of benzene rings is 2. The van der Waals surface area contributed by atoms with Gasteiger partial charge in [0.25, 0.3) is 5.91 Å². The number of carboxylic acids is 1. The number of aromatic nitrogens is 1. The number of fused-ring (bicyclic) bond motifs is 1. The summed E-state index contributed by atoms with van der Waals surface area (Å²) in [7, 11) is 0. The van der Waals surface area contributed by atoms with Gasteiger partial charge in [-0.3, -0.25) is 9.59 Å². The van der Waals surface area contributed by atoms with E-state index in [0.717, 1.165) is 12.8 Å². The molecular weight excluding hydrogens is 604 g/mol. The van der Waals surface area contributed by atoms with Crippen LogP contribution in [0, 0.1) is 5.82 Å². The molecule has 0 bridgehead atoms. The fourth-order valence-electron chi connectivity index (χ4n) is 5.22. The minimum absolute atomic E-state index is 0. The molecular formula is C29H31FN5NaO5S2. The monoisotopic (exact) mass is 635 g/mol. The summed E-state index contributed by atoms with van der Waals surface area (Å²) in [5, 5.41) is 15.8. The van der Waals surface area contributed by atoms with Crippen molar-refractivity contribution in [1.82, 2.24) is 20.1 Å². The van der Waals surface area contributed by atoms with Gasteiger partial charge in [0, 0.05) is 50.3 Å². The molecule has 1 saturated carbocycles. The molecule has 3 N–H and O–H groups in total. The van der Waals surface area contributed by atoms with E-state index in [0.29, 0.717) is 54.0 Å². The molecule has 43 heavy (non-hydrogen) atoms. The molecule has 1 aliphatic carbocycles. The number of hydrogen-bond donors (Lipinski definition) is 3. The normalized spacial score (nSPS) is 19.7. The van der Waals surface area contributed by atoms with E-state index in [9.17, 15) is 19.5 Å². The molecule has 3 aliphatic rings. The SMILES string of the molecule is O=C(COc1ccccc1)NC1CN[C@H]1SC(=S)N1CCN(c2cc3c(cc2F)c(=O)c(C(=O)O)cn3C2CC2)CC1.[NaH]. The van der Waals surface area contributed by atoms with Gasteiger partial charge in [0.2, 0.25) is 5.43 Å². The maximum absolute atomic E-state index is 15.3. The number of carbonyl (C=O) groups is 2. The van der Waals surface area contributed by atoms with Gasteiger partial charge < -0.3 is 34.8 Å². The molecule has 2 atom stereocenters. The average Bonchev–Trinajstić information content (AvgIpc) is 3.83. The predicted molar refractivity (Wildman–Crippen MR) is 170 cm³/mol. The summed E-state index contributed by atoms with van der Waals surface area (Å²) in [6, 6.07) is 12.1. The van der Waals surface area contributed by atoms with Gasteiger partial charge in [0.05, 0.1) is 22.6 Å². The Hall–Kier alpha value is -2.68. The number of thioether (sulfide) groups is 1. The van der Waals surface area contributed by atoms with Crippen molar-refractivity contribution in [2.45, 2.75) is 30.3 Å². The summed E-state index contributed by atoms with van der Waals surface area (Å²) < 4.78 is 23.3. The van der Waals surface area contributed by atoms with Crippen LogP contribution in [0.4, 0.5) is 10.1 Å². The zero-order chi connectivity index (χ0) is 29.4. The van der Waals surface area contributed by atoms with Gasteiger partial charge in [0.15, 0.2) is 6.61 Å². The van der Waals surface area contributed by atoms with Gasteiger partial charge in [-0.15, -0.1) is 0 Å². The van der Waals surface area contributed by atoms with Crippen molar-refractivity contribution in [1.29, 1.82) is 0 Å². The van der Waals surface area contributed by atoms with Crippen LogP contribution in [0.1, 0.15) is 29.2 Å². The number of hydrogen-bond acceptors (Lipinski definition) is 8. The summed E-state index contributed by atoms with van der Waals surface area (Å²) >= 11 is 7.20. The van der Waals surface area contributed by atoms with E-state index in [1.165, 1.54) is 24.0 Å². The molecule has 10 nitrogen and oxygen atoms in total. The van der Waals surface area contributed by atoms with Gasteiger partial charge in [-0.05, 0) is 37.1 Å². The summed E-state index contributed by atoms with van der Waals surface area (Å²) in [5.74, 6) is -1.42. The summed E-state index contributed by atoms with van der Waals surface area (Å²) in [6.45, 7) is 2.81. The van der Waals surface area contributed by atoms with Crippen LogP contribution in [0.3, 0.4) is 0 Å². The Morgan fingerprint density at radius 3 is 2.49 bits per heavy atom. The van der Waals surface area contributed by atoms with Crippen molar-refractivity contribution in [3.63, 3.8) is 0 Å². The number of aromatic carboxylic acids is 1. The van der Waals surface area contributed by atoms with Gasteiger partial charge in [-0.25, -0.2) is 9.18 Å². The van der Waals surface area contributed by atoms with E-state index in [1.54, 1.807) is 22.8 Å². The number of para-hydroxylation sites is 1. The van der Waals surface area contributed by atoms with Crippen molar-refractivity contribution < 1.29 is 23.8 Å². The van der Waals surface area contributed by atoms with Crippen LogP contribution in [0.2, 0.25) is 0 Å². The van der Waals surface area contributed by atoms with E-state index in [1.807, 2.05) is 23.1 Å². The summed E-state index contributed by atoms with van der Waals surface area (Å²) in [5.41, 5.74) is -0.0752. The maximum atomic E-state index is 15.3. The van der Waals surface area contributed by atoms with Crippen LogP contribution in [0.5, 0.6) is 5.75 Å². The molecule has 2 aliphatic heterocycles.